The zero-order chi connectivity index (χ0) is 19.1. The van der Waals surface area contributed by atoms with Crippen LogP contribution in [0, 0.1) is 5.92 Å². The van der Waals surface area contributed by atoms with E-state index >= 15 is 0 Å². The molecular formula is C17H25N5O3S. The summed E-state index contributed by atoms with van der Waals surface area (Å²) in [6, 6.07) is -0.493. The van der Waals surface area contributed by atoms with Crippen LogP contribution in [0.15, 0.2) is 0 Å². The van der Waals surface area contributed by atoms with E-state index in [2.05, 4.69) is 27.8 Å². The molecule has 1 aliphatic heterocycles. The Morgan fingerprint density at radius 2 is 1.96 bits per heavy atom. The summed E-state index contributed by atoms with van der Waals surface area (Å²) in [6.45, 7) is 7.87. The summed E-state index contributed by atoms with van der Waals surface area (Å²) in [7, 11) is 0. The highest BCUT2D eigenvalue weighted by Crippen LogP contribution is 2.36. The van der Waals surface area contributed by atoms with Gasteiger partial charge in [-0.15, -0.1) is 10.2 Å². The summed E-state index contributed by atoms with van der Waals surface area (Å²) < 4.78 is 0. The summed E-state index contributed by atoms with van der Waals surface area (Å²) in [5.74, 6) is -0.194. The van der Waals surface area contributed by atoms with Gasteiger partial charge in [-0.2, -0.15) is 0 Å². The second kappa shape index (κ2) is 6.61. The van der Waals surface area contributed by atoms with Gasteiger partial charge in [-0.25, -0.2) is 4.79 Å². The van der Waals surface area contributed by atoms with Crippen LogP contribution in [0.1, 0.15) is 58.4 Å². The van der Waals surface area contributed by atoms with Crippen molar-refractivity contribution in [3.8, 4) is 0 Å². The first-order valence-corrected chi connectivity index (χ1v) is 9.70. The van der Waals surface area contributed by atoms with Crippen molar-refractivity contribution in [3.05, 3.63) is 5.01 Å². The molecule has 0 unspecified atom stereocenters. The molecule has 2 fully saturated rings. The maximum Gasteiger partial charge on any atom is 0.325 e. The minimum absolute atomic E-state index is 0.157. The van der Waals surface area contributed by atoms with Crippen LogP contribution in [0.5, 0.6) is 0 Å². The average Bonchev–Trinajstić information content (AvgIpc) is 3.10. The van der Waals surface area contributed by atoms with E-state index in [0.29, 0.717) is 23.9 Å². The first kappa shape index (κ1) is 18.8. The smallest absolute Gasteiger partial charge is 0.323 e. The van der Waals surface area contributed by atoms with E-state index < -0.39 is 17.5 Å². The van der Waals surface area contributed by atoms with Crippen LogP contribution in [0.25, 0.3) is 0 Å². The Labute approximate surface area is 156 Å². The lowest BCUT2D eigenvalue weighted by molar-refractivity contribution is -0.135. The molecule has 2 aliphatic rings. The fraction of sp³-hybridized carbons (Fsp3) is 0.706. The van der Waals surface area contributed by atoms with Crippen molar-refractivity contribution in [1.82, 2.24) is 20.4 Å². The van der Waals surface area contributed by atoms with Crippen molar-refractivity contribution < 1.29 is 14.4 Å². The summed E-state index contributed by atoms with van der Waals surface area (Å²) in [6.07, 6.45) is 3.04. The number of nitrogens with one attached hydrogen (secondary N) is 2. The van der Waals surface area contributed by atoms with Gasteiger partial charge in [-0.05, 0) is 31.6 Å². The van der Waals surface area contributed by atoms with Crippen molar-refractivity contribution >= 4 is 34.3 Å². The van der Waals surface area contributed by atoms with Crippen molar-refractivity contribution in [2.24, 2.45) is 5.92 Å². The molecule has 0 atom stereocenters. The second-order valence-electron chi connectivity index (χ2n) is 8.30. The number of nitrogens with zero attached hydrogens (tertiary/aromatic N) is 3. The largest absolute Gasteiger partial charge is 0.325 e. The number of rotatable bonds is 3. The third kappa shape index (κ3) is 3.58. The van der Waals surface area contributed by atoms with Gasteiger partial charge in [0.25, 0.3) is 5.91 Å². The Kier molecular flexibility index (Phi) is 4.76. The minimum atomic E-state index is -0.827. The van der Waals surface area contributed by atoms with E-state index in [4.69, 9.17) is 0 Å². The van der Waals surface area contributed by atoms with E-state index in [-0.39, 0.29) is 17.9 Å². The van der Waals surface area contributed by atoms with Gasteiger partial charge in [0.05, 0.1) is 0 Å². The molecule has 4 amide bonds. The van der Waals surface area contributed by atoms with Crippen LogP contribution in [0.4, 0.5) is 9.93 Å². The topological polar surface area (TPSA) is 104 Å². The molecule has 1 spiro atoms. The van der Waals surface area contributed by atoms with Gasteiger partial charge in [0.15, 0.2) is 0 Å². The van der Waals surface area contributed by atoms with E-state index in [9.17, 15) is 14.4 Å². The number of anilines is 1. The first-order chi connectivity index (χ1) is 12.1. The maximum absolute atomic E-state index is 12.8. The molecule has 1 aromatic heterocycles. The standard InChI is InChI=1S/C17H25N5O3S/c1-10-5-7-17(8-6-10)13(24)22(15(25)19-17)9-11(23)18-14-21-20-12(26-14)16(2,3)4/h10H,5-9H2,1-4H3,(H,19,25)(H,18,21,23). The molecule has 0 bridgehead atoms. The van der Waals surface area contributed by atoms with Crippen molar-refractivity contribution in [3.63, 3.8) is 0 Å². The number of hydrogen-bond acceptors (Lipinski definition) is 6. The number of carbonyl (C=O) groups excluding carboxylic acids is 3. The zero-order valence-corrected chi connectivity index (χ0v) is 16.4. The number of amides is 4. The molecule has 9 heteroatoms. The number of urea groups is 1. The maximum atomic E-state index is 12.8. The summed E-state index contributed by atoms with van der Waals surface area (Å²) in [5.41, 5.74) is -0.984. The molecule has 1 aromatic rings. The molecule has 0 radical (unpaired) electrons. The molecular weight excluding hydrogens is 354 g/mol. The lowest BCUT2D eigenvalue weighted by Crippen LogP contribution is -2.49. The Balaban J connectivity index is 1.63. The predicted molar refractivity (Wildman–Crippen MR) is 97.8 cm³/mol. The highest BCUT2D eigenvalue weighted by Gasteiger charge is 2.52. The van der Waals surface area contributed by atoms with Crippen molar-refractivity contribution in [1.29, 1.82) is 0 Å². The zero-order valence-electron chi connectivity index (χ0n) is 15.6. The van der Waals surface area contributed by atoms with Gasteiger partial charge in [-0.3, -0.25) is 19.8 Å². The van der Waals surface area contributed by atoms with Gasteiger partial charge in [0.1, 0.15) is 17.1 Å². The average molecular weight is 379 g/mol. The van der Waals surface area contributed by atoms with Gasteiger partial charge >= 0.3 is 6.03 Å². The third-order valence-corrected chi connectivity index (χ3v) is 6.25. The number of aromatic nitrogens is 2. The van der Waals surface area contributed by atoms with Crippen molar-refractivity contribution in [2.45, 2.75) is 64.3 Å². The van der Waals surface area contributed by atoms with Crippen LogP contribution in [0.2, 0.25) is 0 Å². The Morgan fingerprint density at radius 1 is 1.31 bits per heavy atom. The normalized spacial score (nSPS) is 26.3. The fourth-order valence-electron chi connectivity index (χ4n) is 3.29. The monoisotopic (exact) mass is 379 g/mol. The van der Waals surface area contributed by atoms with Crippen LogP contribution in [0.3, 0.4) is 0 Å². The minimum Gasteiger partial charge on any atom is -0.323 e. The molecule has 26 heavy (non-hydrogen) atoms. The van der Waals surface area contributed by atoms with Crippen LogP contribution < -0.4 is 10.6 Å². The predicted octanol–water partition coefficient (Wildman–Crippen LogP) is 2.27. The van der Waals surface area contributed by atoms with E-state index in [1.807, 2.05) is 20.8 Å². The van der Waals surface area contributed by atoms with Gasteiger partial charge in [0, 0.05) is 5.41 Å². The number of imide groups is 1. The molecule has 0 aromatic carbocycles. The van der Waals surface area contributed by atoms with Gasteiger partial charge in [0.2, 0.25) is 11.0 Å². The molecule has 3 rings (SSSR count). The lowest BCUT2D eigenvalue weighted by Gasteiger charge is -2.33. The molecule has 1 aliphatic carbocycles. The highest BCUT2D eigenvalue weighted by molar-refractivity contribution is 7.15. The molecule has 1 saturated heterocycles. The van der Waals surface area contributed by atoms with Crippen molar-refractivity contribution in [2.75, 3.05) is 11.9 Å². The molecule has 2 heterocycles. The Hall–Kier alpha value is -2.03. The number of hydrogen-bond donors (Lipinski definition) is 2. The summed E-state index contributed by atoms with van der Waals surface area (Å²) in [5, 5.41) is 14.7. The lowest BCUT2D eigenvalue weighted by atomic mass is 9.77. The van der Waals surface area contributed by atoms with E-state index in [1.165, 1.54) is 11.3 Å². The SMILES string of the molecule is CC1CCC2(CC1)NC(=O)N(CC(=O)Nc1nnc(C(C)(C)C)s1)C2=O. The summed E-state index contributed by atoms with van der Waals surface area (Å²) >= 11 is 1.29. The van der Waals surface area contributed by atoms with E-state index in [1.54, 1.807) is 0 Å². The fourth-order valence-corrected chi connectivity index (χ4v) is 4.11. The number of carbonyl (C=O) groups is 3. The van der Waals surface area contributed by atoms with E-state index in [0.717, 1.165) is 22.7 Å². The molecule has 8 nitrogen and oxygen atoms in total. The van der Waals surface area contributed by atoms with Gasteiger partial charge in [-0.1, -0.05) is 39.0 Å². The summed E-state index contributed by atoms with van der Waals surface area (Å²) in [4.78, 5) is 38.3. The first-order valence-electron chi connectivity index (χ1n) is 8.89. The Bertz CT molecular complexity index is 731. The van der Waals surface area contributed by atoms with Crippen LogP contribution >= 0.6 is 11.3 Å². The quantitative estimate of drug-likeness (QED) is 0.784. The molecule has 1 saturated carbocycles. The van der Waals surface area contributed by atoms with Crippen LogP contribution in [-0.4, -0.2) is 45.0 Å². The second-order valence-corrected chi connectivity index (χ2v) is 9.27. The molecule has 142 valence electrons. The molecule has 2 N–H and O–H groups in total. The van der Waals surface area contributed by atoms with Gasteiger partial charge < -0.3 is 5.32 Å². The Morgan fingerprint density at radius 3 is 2.54 bits per heavy atom. The van der Waals surface area contributed by atoms with Crippen LogP contribution in [-0.2, 0) is 15.0 Å². The highest BCUT2D eigenvalue weighted by atomic mass is 32.1. The third-order valence-electron chi connectivity index (χ3n) is 4.99.